The molecule has 0 unspecified atom stereocenters. The normalized spacial score (nSPS) is 12.4. The lowest BCUT2D eigenvalue weighted by Crippen LogP contribution is -2.42. The van der Waals surface area contributed by atoms with Crippen LogP contribution in [0, 0.1) is 0 Å². The maximum Gasteiger partial charge on any atom is 0.402 e. The minimum absolute atomic E-state index is 0.0565. The highest BCUT2D eigenvalue weighted by Crippen LogP contribution is 2.49. The van der Waals surface area contributed by atoms with Gasteiger partial charge in [-0.1, -0.05) is 31.2 Å². The maximum absolute atomic E-state index is 13.8. The summed E-state index contributed by atoms with van der Waals surface area (Å²) in [5.74, 6) is -0.173. The summed E-state index contributed by atoms with van der Waals surface area (Å²) >= 11 is 0. The number of rotatable bonds is 3. The fraction of sp³-hybridized carbons (Fsp3) is 0.250. The van der Waals surface area contributed by atoms with Crippen LogP contribution in [0.5, 0.6) is 11.5 Å². The number of aromatic hydroxyl groups is 2. The van der Waals surface area contributed by atoms with Crippen LogP contribution in [0.4, 0.5) is 13.2 Å². The molecule has 0 saturated heterocycles. The highest BCUT2D eigenvalue weighted by atomic mass is 19.4. The molecule has 0 fully saturated rings. The van der Waals surface area contributed by atoms with Crippen LogP contribution in [-0.4, -0.2) is 16.4 Å². The van der Waals surface area contributed by atoms with Gasteiger partial charge in [0.05, 0.1) is 0 Å². The van der Waals surface area contributed by atoms with E-state index in [1.165, 1.54) is 55.5 Å². The van der Waals surface area contributed by atoms with Gasteiger partial charge in [0.2, 0.25) is 0 Å². The molecule has 0 aliphatic rings. The third-order valence-electron chi connectivity index (χ3n) is 3.73. The molecular weight excluding hydrogens is 281 g/mol. The van der Waals surface area contributed by atoms with Crippen molar-refractivity contribution >= 4 is 0 Å². The smallest absolute Gasteiger partial charge is 0.402 e. The van der Waals surface area contributed by atoms with Crippen LogP contribution in [0.1, 0.15) is 24.5 Å². The minimum atomic E-state index is -4.50. The van der Waals surface area contributed by atoms with Crippen LogP contribution in [0.3, 0.4) is 0 Å². The summed E-state index contributed by atoms with van der Waals surface area (Å²) < 4.78 is 41.5. The number of phenolic OH excluding ortho intramolecular Hbond substituents is 2. The van der Waals surface area contributed by atoms with E-state index < -0.39 is 11.6 Å². The zero-order valence-corrected chi connectivity index (χ0v) is 11.4. The van der Waals surface area contributed by atoms with E-state index in [-0.39, 0.29) is 29.0 Å². The van der Waals surface area contributed by atoms with Crippen molar-refractivity contribution in [1.29, 1.82) is 0 Å². The first-order valence-corrected chi connectivity index (χ1v) is 6.47. The van der Waals surface area contributed by atoms with Gasteiger partial charge in [0.15, 0.2) is 0 Å². The molecule has 0 bridgehead atoms. The van der Waals surface area contributed by atoms with Crippen molar-refractivity contribution in [3.05, 3.63) is 59.7 Å². The number of alkyl halides is 3. The van der Waals surface area contributed by atoms with Gasteiger partial charge in [0, 0.05) is 0 Å². The summed E-state index contributed by atoms with van der Waals surface area (Å²) in [5, 5.41) is 18.6. The fourth-order valence-electron chi connectivity index (χ4n) is 2.59. The van der Waals surface area contributed by atoms with Gasteiger partial charge in [0.1, 0.15) is 16.9 Å². The maximum atomic E-state index is 13.8. The first-order chi connectivity index (χ1) is 9.81. The largest absolute Gasteiger partial charge is 0.508 e. The molecule has 2 rings (SSSR count). The molecule has 0 spiro atoms. The molecule has 0 aromatic heterocycles. The van der Waals surface area contributed by atoms with Gasteiger partial charge in [-0.3, -0.25) is 0 Å². The van der Waals surface area contributed by atoms with Crippen molar-refractivity contribution in [2.45, 2.75) is 24.9 Å². The van der Waals surface area contributed by atoms with E-state index in [4.69, 9.17) is 0 Å². The molecule has 0 saturated carbocycles. The topological polar surface area (TPSA) is 40.5 Å². The van der Waals surface area contributed by atoms with Gasteiger partial charge >= 0.3 is 6.18 Å². The molecule has 2 aromatic carbocycles. The van der Waals surface area contributed by atoms with Crippen molar-refractivity contribution in [3.63, 3.8) is 0 Å². The predicted molar refractivity (Wildman–Crippen MR) is 73.3 cm³/mol. The molecule has 0 heterocycles. The first-order valence-electron chi connectivity index (χ1n) is 6.47. The predicted octanol–water partition coefficient (Wildman–Crippen LogP) is 4.36. The molecule has 2 aromatic rings. The second kappa shape index (κ2) is 5.31. The third-order valence-corrected chi connectivity index (χ3v) is 3.73. The van der Waals surface area contributed by atoms with E-state index in [0.717, 1.165) is 0 Å². The molecule has 5 heteroatoms. The lowest BCUT2D eigenvalue weighted by atomic mass is 9.72. The van der Waals surface area contributed by atoms with E-state index in [9.17, 15) is 23.4 Å². The number of phenols is 2. The van der Waals surface area contributed by atoms with Gasteiger partial charge in [0.25, 0.3) is 0 Å². The Morgan fingerprint density at radius 1 is 0.762 bits per heavy atom. The Morgan fingerprint density at radius 3 is 1.33 bits per heavy atom. The number of hydrogen-bond donors (Lipinski definition) is 2. The molecular formula is C16H15F3O2. The second-order valence-electron chi connectivity index (χ2n) is 4.85. The van der Waals surface area contributed by atoms with Gasteiger partial charge in [-0.2, -0.15) is 13.2 Å². The van der Waals surface area contributed by atoms with Crippen LogP contribution >= 0.6 is 0 Å². The first kappa shape index (κ1) is 15.2. The van der Waals surface area contributed by atoms with E-state index in [1.54, 1.807) is 0 Å². The van der Waals surface area contributed by atoms with Gasteiger partial charge < -0.3 is 10.2 Å². The highest BCUT2D eigenvalue weighted by Gasteiger charge is 2.55. The molecule has 2 N–H and O–H groups in total. The summed E-state index contributed by atoms with van der Waals surface area (Å²) in [6.07, 6.45) is -4.69. The average molecular weight is 296 g/mol. The number of benzene rings is 2. The molecule has 2 nitrogen and oxygen atoms in total. The van der Waals surface area contributed by atoms with Gasteiger partial charge in [-0.05, 0) is 41.8 Å². The average Bonchev–Trinajstić information content (AvgIpc) is 2.42. The molecule has 0 amide bonds. The second-order valence-corrected chi connectivity index (χ2v) is 4.85. The highest BCUT2D eigenvalue weighted by molar-refractivity contribution is 5.44. The van der Waals surface area contributed by atoms with Gasteiger partial charge in [-0.25, -0.2) is 0 Å². The summed E-state index contributed by atoms with van der Waals surface area (Å²) in [7, 11) is 0. The molecule has 0 aliphatic heterocycles. The van der Waals surface area contributed by atoms with Crippen molar-refractivity contribution < 1.29 is 23.4 Å². The Hall–Kier alpha value is -2.17. The van der Waals surface area contributed by atoms with E-state index >= 15 is 0 Å². The molecule has 21 heavy (non-hydrogen) atoms. The standard InChI is InChI=1S/C16H15F3O2/c1-2-15(16(17,18)19,11-3-7-13(20)8-4-11)12-5-9-14(21)10-6-12/h3-10,20-21H,2H2,1H3. The van der Waals surface area contributed by atoms with Crippen LogP contribution in [-0.2, 0) is 5.41 Å². The van der Waals surface area contributed by atoms with E-state index in [1.807, 2.05) is 0 Å². The Kier molecular flexibility index (Phi) is 3.85. The summed E-state index contributed by atoms with van der Waals surface area (Å²) in [6, 6.07) is 10.1. The monoisotopic (exact) mass is 296 g/mol. The summed E-state index contributed by atoms with van der Waals surface area (Å²) in [4.78, 5) is 0. The van der Waals surface area contributed by atoms with Crippen molar-refractivity contribution in [3.8, 4) is 11.5 Å². The van der Waals surface area contributed by atoms with Crippen LogP contribution in [0.15, 0.2) is 48.5 Å². The summed E-state index contributed by atoms with van der Waals surface area (Å²) in [5.41, 5.74) is -2.06. The zero-order chi connectivity index (χ0) is 15.7. The quantitative estimate of drug-likeness (QED) is 0.883. The minimum Gasteiger partial charge on any atom is -0.508 e. The molecule has 112 valence electrons. The van der Waals surface area contributed by atoms with Crippen LogP contribution in [0.2, 0.25) is 0 Å². The molecule has 0 atom stereocenters. The summed E-state index contributed by atoms with van der Waals surface area (Å²) in [6.45, 7) is 1.47. The van der Waals surface area contributed by atoms with Crippen LogP contribution in [0.25, 0.3) is 0 Å². The van der Waals surface area contributed by atoms with Gasteiger partial charge in [-0.15, -0.1) is 0 Å². The SMILES string of the molecule is CCC(c1ccc(O)cc1)(c1ccc(O)cc1)C(F)(F)F. The molecule has 0 radical (unpaired) electrons. The van der Waals surface area contributed by atoms with E-state index in [0.29, 0.717) is 0 Å². The van der Waals surface area contributed by atoms with E-state index in [2.05, 4.69) is 0 Å². The Morgan fingerprint density at radius 2 is 1.10 bits per heavy atom. The van der Waals surface area contributed by atoms with Crippen LogP contribution < -0.4 is 0 Å². The Balaban J connectivity index is 2.69. The van der Waals surface area contributed by atoms with Crippen molar-refractivity contribution in [1.82, 2.24) is 0 Å². The van der Waals surface area contributed by atoms with Crippen molar-refractivity contribution in [2.24, 2.45) is 0 Å². The lowest BCUT2D eigenvalue weighted by molar-refractivity contribution is -0.179. The number of halogens is 3. The van der Waals surface area contributed by atoms with Crippen molar-refractivity contribution in [2.75, 3.05) is 0 Å². The Labute approximate surface area is 120 Å². The third kappa shape index (κ3) is 2.55. The Bertz CT molecular complexity index is 555. The lowest BCUT2D eigenvalue weighted by Gasteiger charge is -2.36. The molecule has 0 aliphatic carbocycles. The zero-order valence-electron chi connectivity index (χ0n) is 11.4. The fourth-order valence-corrected chi connectivity index (χ4v) is 2.59. The number of hydrogen-bond acceptors (Lipinski definition) is 2.